The number of aliphatic hydroxyl groups is 1. The van der Waals surface area contributed by atoms with Crippen LogP contribution in [0.4, 0.5) is 0 Å². The first kappa shape index (κ1) is 13.1. The molecule has 1 N–H and O–H groups in total. The van der Waals surface area contributed by atoms with E-state index < -0.39 is 6.10 Å². The molecule has 0 amide bonds. The summed E-state index contributed by atoms with van der Waals surface area (Å²) in [5, 5.41) is 10.7. The SMILES string of the molecule is CC1OC(C)C(C(O)c2ccc3c(c2)COC3)C1C. The molecule has 3 rings (SSSR count). The van der Waals surface area contributed by atoms with Crippen molar-refractivity contribution in [2.75, 3.05) is 0 Å². The van der Waals surface area contributed by atoms with Gasteiger partial charge in [0.1, 0.15) is 0 Å². The van der Waals surface area contributed by atoms with Crippen LogP contribution >= 0.6 is 0 Å². The highest BCUT2D eigenvalue weighted by molar-refractivity contribution is 5.34. The van der Waals surface area contributed by atoms with Gasteiger partial charge in [0.15, 0.2) is 0 Å². The van der Waals surface area contributed by atoms with Crippen LogP contribution in [0.1, 0.15) is 43.6 Å². The highest BCUT2D eigenvalue weighted by Crippen LogP contribution is 2.41. The molecule has 1 aromatic rings. The molecule has 1 saturated heterocycles. The first-order chi connectivity index (χ1) is 9.08. The average Bonchev–Trinajstić information content (AvgIpc) is 2.94. The van der Waals surface area contributed by atoms with Crippen molar-refractivity contribution in [2.24, 2.45) is 11.8 Å². The molecule has 2 heterocycles. The molecular weight excluding hydrogens is 240 g/mol. The summed E-state index contributed by atoms with van der Waals surface area (Å²) in [4.78, 5) is 0. The molecule has 19 heavy (non-hydrogen) atoms. The van der Waals surface area contributed by atoms with E-state index in [2.05, 4.69) is 32.9 Å². The summed E-state index contributed by atoms with van der Waals surface area (Å²) < 4.78 is 11.3. The van der Waals surface area contributed by atoms with Crippen molar-refractivity contribution < 1.29 is 14.6 Å². The van der Waals surface area contributed by atoms with E-state index >= 15 is 0 Å². The normalized spacial score (nSPS) is 35.4. The van der Waals surface area contributed by atoms with Crippen molar-refractivity contribution in [2.45, 2.75) is 52.3 Å². The van der Waals surface area contributed by atoms with Gasteiger partial charge in [0.25, 0.3) is 0 Å². The predicted molar refractivity (Wildman–Crippen MR) is 72.6 cm³/mol. The van der Waals surface area contributed by atoms with Gasteiger partial charge >= 0.3 is 0 Å². The molecule has 5 atom stereocenters. The Morgan fingerprint density at radius 2 is 1.84 bits per heavy atom. The van der Waals surface area contributed by atoms with Gasteiger partial charge < -0.3 is 14.6 Å². The molecular formula is C16H22O3. The fourth-order valence-electron chi connectivity index (χ4n) is 3.44. The van der Waals surface area contributed by atoms with Crippen LogP contribution in [0.2, 0.25) is 0 Å². The predicted octanol–water partition coefficient (Wildman–Crippen LogP) is 2.81. The molecule has 0 aromatic heterocycles. The number of hydrogen-bond donors (Lipinski definition) is 1. The zero-order valence-corrected chi connectivity index (χ0v) is 11.8. The lowest BCUT2D eigenvalue weighted by molar-refractivity contribution is 0.0231. The second-order valence-electron chi connectivity index (χ2n) is 5.95. The van der Waals surface area contributed by atoms with Gasteiger partial charge in [-0.1, -0.05) is 25.1 Å². The summed E-state index contributed by atoms with van der Waals surface area (Å²) in [5.74, 6) is 0.532. The lowest BCUT2D eigenvalue weighted by atomic mass is 9.82. The number of benzene rings is 1. The summed E-state index contributed by atoms with van der Waals surface area (Å²) in [7, 11) is 0. The molecule has 0 aliphatic carbocycles. The molecule has 2 aliphatic rings. The maximum Gasteiger partial charge on any atom is 0.0846 e. The number of aliphatic hydroxyl groups excluding tert-OH is 1. The zero-order chi connectivity index (χ0) is 13.6. The van der Waals surface area contributed by atoms with Crippen molar-refractivity contribution in [1.82, 2.24) is 0 Å². The summed E-state index contributed by atoms with van der Waals surface area (Å²) in [6.45, 7) is 7.67. The quantitative estimate of drug-likeness (QED) is 0.890. The third-order valence-electron chi connectivity index (χ3n) is 4.77. The van der Waals surface area contributed by atoms with Crippen LogP contribution in [-0.2, 0) is 22.7 Å². The Morgan fingerprint density at radius 3 is 2.53 bits per heavy atom. The number of fused-ring (bicyclic) bond motifs is 1. The maximum absolute atomic E-state index is 10.7. The lowest BCUT2D eigenvalue weighted by Crippen LogP contribution is -2.25. The minimum atomic E-state index is -0.458. The summed E-state index contributed by atoms with van der Waals surface area (Å²) >= 11 is 0. The Bertz CT molecular complexity index is 471. The van der Waals surface area contributed by atoms with Crippen LogP contribution < -0.4 is 0 Å². The minimum absolute atomic E-state index is 0.101. The largest absolute Gasteiger partial charge is 0.388 e. The minimum Gasteiger partial charge on any atom is -0.388 e. The molecule has 2 aliphatic heterocycles. The van der Waals surface area contributed by atoms with Gasteiger partial charge in [0.2, 0.25) is 0 Å². The molecule has 0 radical (unpaired) electrons. The zero-order valence-electron chi connectivity index (χ0n) is 11.8. The van der Waals surface area contributed by atoms with Gasteiger partial charge in [0.05, 0.1) is 31.5 Å². The van der Waals surface area contributed by atoms with Crippen LogP contribution in [0.5, 0.6) is 0 Å². The lowest BCUT2D eigenvalue weighted by Gasteiger charge is -2.25. The maximum atomic E-state index is 10.7. The molecule has 3 heteroatoms. The summed E-state index contributed by atoms with van der Waals surface area (Å²) in [6.07, 6.45) is -0.141. The van der Waals surface area contributed by atoms with E-state index in [-0.39, 0.29) is 18.1 Å². The van der Waals surface area contributed by atoms with E-state index in [0.29, 0.717) is 19.1 Å². The third kappa shape index (κ3) is 2.20. The Morgan fingerprint density at radius 1 is 1.11 bits per heavy atom. The van der Waals surface area contributed by atoms with Gasteiger partial charge in [-0.05, 0) is 36.5 Å². The van der Waals surface area contributed by atoms with Crippen LogP contribution in [0.3, 0.4) is 0 Å². The molecule has 0 bridgehead atoms. The third-order valence-corrected chi connectivity index (χ3v) is 4.77. The number of hydrogen-bond acceptors (Lipinski definition) is 3. The topological polar surface area (TPSA) is 38.7 Å². The Labute approximate surface area is 114 Å². The van der Waals surface area contributed by atoms with E-state index in [0.717, 1.165) is 5.56 Å². The van der Waals surface area contributed by atoms with Crippen molar-refractivity contribution in [3.05, 3.63) is 34.9 Å². The highest BCUT2D eigenvalue weighted by atomic mass is 16.5. The van der Waals surface area contributed by atoms with Gasteiger partial charge in [0, 0.05) is 5.92 Å². The fraction of sp³-hybridized carbons (Fsp3) is 0.625. The van der Waals surface area contributed by atoms with E-state index in [4.69, 9.17) is 9.47 Å². The summed E-state index contributed by atoms with van der Waals surface area (Å²) in [6, 6.07) is 6.20. The Balaban J connectivity index is 1.85. The smallest absolute Gasteiger partial charge is 0.0846 e. The van der Waals surface area contributed by atoms with Gasteiger partial charge in [-0.3, -0.25) is 0 Å². The van der Waals surface area contributed by atoms with Gasteiger partial charge in [-0.25, -0.2) is 0 Å². The average molecular weight is 262 g/mol. The van der Waals surface area contributed by atoms with Crippen molar-refractivity contribution in [1.29, 1.82) is 0 Å². The second kappa shape index (κ2) is 4.89. The molecule has 0 saturated carbocycles. The van der Waals surface area contributed by atoms with E-state index in [1.54, 1.807) is 0 Å². The molecule has 3 nitrogen and oxygen atoms in total. The Kier molecular flexibility index (Phi) is 3.37. The van der Waals surface area contributed by atoms with Crippen molar-refractivity contribution >= 4 is 0 Å². The highest BCUT2D eigenvalue weighted by Gasteiger charge is 2.41. The fourth-order valence-corrected chi connectivity index (χ4v) is 3.44. The molecule has 104 valence electrons. The van der Waals surface area contributed by atoms with Gasteiger partial charge in [-0.15, -0.1) is 0 Å². The monoisotopic (exact) mass is 262 g/mol. The van der Waals surface area contributed by atoms with Crippen molar-refractivity contribution in [3.8, 4) is 0 Å². The number of ether oxygens (including phenoxy) is 2. The molecule has 1 fully saturated rings. The van der Waals surface area contributed by atoms with E-state index in [9.17, 15) is 5.11 Å². The second-order valence-corrected chi connectivity index (χ2v) is 5.95. The standard InChI is InChI=1S/C16H22O3/c1-9-10(2)19-11(3)15(9)16(17)12-4-5-13-7-18-8-14(13)6-12/h4-6,9-11,15-17H,7-8H2,1-3H3. The van der Waals surface area contributed by atoms with E-state index in [1.807, 2.05) is 6.07 Å². The van der Waals surface area contributed by atoms with Crippen molar-refractivity contribution in [3.63, 3.8) is 0 Å². The summed E-state index contributed by atoms with van der Waals surface area (Å²) in [5.41, 5.74) is 3.45. The molecule has 0 spiro atoms. The molecule has 5 unspecified atom stereocenters. The van der Waals surface area contributed by atoms with Crippen LogP contribution in [0.25, 0.3) is 0 Å². The molecule has 1 aromatic carbocycles. The van der Waals surface area contributed by atoms with Crippen LogP contribution in [-0.4, -0.2) is 17.3 Å². The first-order valence-electron chi connectivity index (χ1n) is 7.11. The first-order valence-corrected chi connectivity index (χ1v) is 7.11. The number of rotatable bonds is 2. The Hall–Kier alpha value is -0.900. The van der Waals surface area contributed by atoms with Crippen LogP contribution in [0.15, 0.2) is 18.2 Å². The van der Waals surface area contributed by atoms with E-state index in [1.165, 1.54) is 11.1 Å². The van der Waals surface area contributed by atoms with Crippen LogP contribution in [0, 0.1) is 11.8 Å². The van der Waals surface area contributed by atoms with Gasteiger partial charge in [-0.2, -0.15) is 0 Å².